The topological polar surface area (TPSA) is 91.0 Å². The van der Waals surface area contributed by atoms with E-state index in [1.54, 1.807) is 16.8 Å². The predicted molar refractivity (Wildman–Crippen MR) is 115 cm³/mol. The van der Waals surface area contributed by atoms with Crippen molar-refractivity contribution in [1.82, 2.24) is 20.4 Å². The van der Waals surface area contributed by atoms with Gasteiger partial charge in [-0.3, -0.25) is 4.79 Å². The molecule has 8 nitrogen and oxygen atoms in total. The largest absolute Gasteiger partial charge is 0.444 e. The maximum absolute atomic E-state index is 12.4. The molecule has 8 heteroatoms. The van der Waals surface area contributed by atoms with Gasteiger partial charge in [0.25, 0.3) is 0 Å². The molecule has 0 aliphatic carbocycles. The minimum Gasteiger partial charge on any atom is -0.444 e. The monoisotopic (exact) mass is 418 g/mol. The second kappa shape index (κ2) is 10.8. The van der Waals surface area contributed by atoms with Crippen molar-refractivity contribution in [1.29, 1.82) is 0 Å². The molecule has 0 radical (unpaired) electrons. The lowest BCUT2D eigenvalue weighted by Gasteiger charge is -2.33. The van der Waals surface area contributed by atoms with Gasteiger partial charge in [0, 0.05) is 45.7 Å². The molecule has 1 saturated heterocycles. The molecule has 1 fully saturated rings. The van der Waals surface area contributed by atoms with Gasteiger partial charge in [0.2, 0.25) is 5.91 Å². The first-order valence-electron chi connectivity index (χ1n) is 10.4. The van der Waals surface area contributed by atoms with Crippen LogP contribution in [0.4, 0.5) is 9.59 Å². The zero-order valence-corrected chi connectivity index (χ0v) is 18.4. The molecule has 1 aliphatic heterocycles. The lowest BCUT2D eigenvalue weighted by Crippen LogP contribution is -2.48. The Morgan fingerprint density at radius 1 is 1.13 bits per heavy atom. The fraction of sp³-hybridized carbons (Fsp3) is 0.591. The molecular formula is C22H34N4O4. The van der Waals surface area contributed by atoms with E-state index in [0.29, 0.717) is 39.0 Å². The molecule has 1 aromatic rings. The molecule has 0 atom stereocenters. The quantitative estimate of drug-likeness (QED) is 0.743. The minimum absolute atomic E-state index is 0.00948. The first-order valence-corrected chi connectivity index (χ1v) is 10.4. The normalized spacial score (nSPS) is 14.7. The van der Waals surface area contributed by atoms with Gasteiger partial charge in [0.1, 0.15) is 5.60 Å². The summed E-state index contributed by atoms with van der Waals surface area (Å²) in [7, 11) is 1.73. The molecule has 0 saturated carbocycles. The Hall–Kier alpha value is -2.77. The zero-order chi connectivity index (χ0) is 22.1. The van der Waals surface area contributed by atoms with Crippen LogP contribution in [0.2, 0.25) is 0 Å². The van der Waals surface area contributed by atoms with Gasteiger partial charge < -0.3 is 25.2 Å². The smallest absolute Gasteiger partial charge is 0.407 e. The van der Waals surface area contributed by atoms with E-state index >= 15 is 0 Å². The summed E-state index contributed by atoms with van der Waals surface area (Å²) in [5, 5.41) is 5.66. The SMILES string of the molecule is CN(Cc1ccccc1)C(=O)NCCC(=O)N1CCC(NC(=O)OC(C)(C)C)CC1. The average molecular weight is 419 g/mol. The Morgan fingerprint density at radius 2 is 1.77 bits per heavy atom. The summed E-state index contributed by atoms with van der Waals surface area (Å²) in [5.74, 6) is 0.0109. The summed E-state index contributed by atoms with van der Waals surface area (Å²) >= 11 is 0. The number of alkyl carbamates (subject to hydrolysis) is 1. The first kappa shape index (κ1) is 23.5. The van der Waals surface area contributed by atoms with E-state index < -0.39 is 11.7 Å². The second-order valence-corrected chi connectivity index (χ2v) is 8.62. The molecule has 166 valence electrons. The van der Waals surface area contributed by atoms with E-state index in [4.69, 9.17) is 4.74 Å². The molecule has 2 rings (SSSR count). The number of rotatable bonds is 6. The van der Waals surface area contributed by atoms with Crippen molar-refractivity contribution in [2.75, 3.05) is 26.7 Å². The van der Waals surface area contributed by atoms with E-state index in [2.05, 4.69) is 10.6 Å². The highest BCUT2D eigenvalue weighted by Crippen LogP contribution is 2.13. The van der Waals surface area contributed by atoms with Gasteiger partial charge in [-0.2, -0.15) is 0 Å². The van der Waals surface area contributed by atoms with Crippen LogP contribution in [0.1, 0.15) is 45.6 Å². The Kier molecular flexibility index (Phi) is 8.50. The summed E-state index contributed by atoms with van der Waals surface area (Å²) < 4.78 is 5.27. The summed E-state index contributed by atoms with van der Waals surface area (Å²) in [6.45, 7) is 7.46. The maximum atomic E-state index is 12.4. The Balaban J connectivity index is 1.64. The number of nitrogens with one attached hydrogen (secondary N) is 2. The molecule has 0 bridgehead atoms. The fourth-order valence-electron chi connectivity index (χ4n) is 3.25. The van der Waals surface area contributed by atoms with Gasteiger partial charge in [-0.05, 0) is 39.2 Å². The molecule has 1 aliphatic rings. The summed E-state index contributed by atoms with van der Waals surface area (Å²) in [6, 6.07) is 9.55. The van der Waals surface area contributed by atoms with Crippen LogP contribution in [0.5, 0.6) is 0 Å². The van der Waals surface area contributed by atoms with Crippen LogP contribution in [-0.2, 0) is 16.1 Å². The van der Waals surface area contributed by atoms with Crippen molar-refractivity contribution < 1.29 is 19.1 Å². The van der Waals surface area contributed by atoms with E-state index in [-0.39, 0.29) is 24.4 Å². The average Bonchev–Trinajstić information content (AvgIpc) is 2.67. The number of amides is 4. The van der Waals surface area contributed by atoms with E-state index in [9.17, 15) is 14.4 Å². The van der Waals surface area contributed by atoms with Crippen molar-refractivity contribution in [3.63, 3.8) is 0 Å². The third-order valence-electron chi connectivity index (χ3n) is 4.79. The number of hydrogen-bond acceptors (Lipinski definition) is 4. The number of benzene rings is 1. The highest BCUT2D eigenvalue weighted by molar-refractivity contribution is 5.78. The van der Waals surface area contributed by atoms with Gasteiger partial charge in [-0.15, -0.1) is 0 Å². The van der Waals surface area contributed by atoms with Gasteiger partial charge in [0.15, 0.2) is 0 Å². The summed E-state index contributed by atoms with van der Waals surface area (Å²) in [5.41, 5.74) is 0.523. The second-order valence-electron chi connectivity index (χ2n) is 8.62. The lowest BCUT2D eigenvalue weighted by molar-refractivity contribution is -0.132. The number of piperidine rings is 1. The summed E-state index contributed by atoms with van der Waals surface area (Å²) in [6.07, 6.45) is 1.22. The number of nitrogens with zero attached hydrogens (tertiary/aromatic N) is 2. The van der Waals surface area contributed by atoms with Crippen molar-refractivity contribution in [3.8, 4) is 0 Å². The minimum atomic E-state index is -0.527. The van der Waals surface area contributed by atoms with Crippen LogP contribution in [0.3, 0.4) is 0 Å². The van der Waals surface area contributed by atoms with Crippen molar-refractivity contribution in [3.05, 3.63) is 35.9 Å². The molecular weight excluding hydrogens is 384 g/mol. The number of urea groups is 1. The van der Waals surface area contributed by atoms with Crippen molar-refractivity contribution in [2.45, 2.75) is 58.2 Å². The fourth-order valence-corrected chi connectivity index (χ4v) is 3.25. The summed E-state index contributed by atoms with van der Waals surface area (Å²) in [4.78, 5) is 39.8. The molecule has 1 heterocycles. The van der Waals surface area contributed by atoms with E-state index in [1.807, 2.05) is 51.1 Å². The maximum Gasteiger partial charge on any atom is 0.407 e. The highest BCUT2D eigenvalue weighted by atomic mass is 16.6. The van der Waals surface area contributed by atoms with Crippen LogP contribution >= 0.6 is 0 Å². The number of likely N-dealkylation sites (tertiary alicyclic amines) is 1. The van der Waals surface area contributed by atoms with Crippen LogP contribution in [0.15, 0.2) is 30.3 Å². The van der Waals surface area contributed by atoms with Gasteiger partial charge in [-0.25, -0.2) is 9.59 Å². The molecule has 0 unspecified atom stereocenters. The van der Waals surface area contributed by atoms with Gasteiger partial charge >= 0.3 is 12.1 Å². The van der Waals surface area contributed by atoms with Gasteiger partial charge in [-0.1, -0.05) is 30.3 Å². The molecule has 1 aromatic carbocycles. The molecule has 0 aromatic heterocycles. The zero-order valence-electron chi connectivity index (χ0n) is 18.4. The van der Waals surface area contributed by atoms with Crippen LogP contribution in [-0.4, -0.2) is 66.2 Å². The van der Waals surface area contributed by atoms with Crippen molar-refractivity contribution in [2.24, 2.45) is 0 Å². The number of ether oxygens (including phenoxy) is 1. The highest BCUT2D eigenvalue weighted by Gasteiger charge is 2.25. The van der Waals surface area contributed by atoms with Crippen LogP contribution < -0.4 is 10.6 Å². The number of hydrogen-bond donors (Lipinski definition) is 2. The van der Waals surface area contributed by atoms with E-state index in [1.165, 1.54) is 0 Å². The molecule has 2 N–H and O–H groups in total. The Morgan fingerprint density at radius 3 is 2.37 bits per heavy atom. The van der Waals surface area contributed by atoms with Crippen LogP contribution in [0, 0.1) is 0 Å². The van der Waals surface area contributed by atoms with Gasteiger partial charge in [0.05, 0.1) is 0 Å². The number of carbonyl (C=O) groups excluding carboxylic acids is 3. The first-order chi connectivity index (χ1) is 14.1. The third kappa shape index (κ3) is 8.31. The third-order valence-corrected chi connectivity index (χ3v) is 4.79. The standard InChI is InChI=1S/C22H34N4O4/c1-22(2,3)30-21(29)24-18-11-14-26(15-12-18)19(27)10-13-23-20(28)25(4)16-17-8-6-5-7-9-17/h5-9,18H,10-16H2,1-4H3,(H,23,28)(H,24,29). The number of carbonyl (C=O) groups is 3. The molecule has 4 amide bonds. The molecule has 0 spiro atoms. The Bertz CT molecular complexity index is 710. The van der Waals surface area contributed by atoms with Crippen LogP contribution in [0.25, 0.3) is 0 Å². The lowest BCUT2D eigenvalue weighted by atomic mass is 10.0. The van der Waals surface area contributed by atoms with E-state index in [0.717, 1.165) is 5.56 Å². The Labute approximate surface area is 178 Å². The predicted octanol–water partition coefficient (Wildman–Crippen LogP) is 2.73. The van der Waals surface area contributed by atoms with Crippen molar-refractivity contribution >= 4 is 18.0 Å². The molecule has 30 heavy (non-hydrogen) atoms.